The predicted molar refractivity (Wildman–Crippen MR) is 58.9 cm³/mol. The van der Waals surface area contributed by atoms with Gasteiger partial charge >= 0.3 is 6.09 Å². The smallest absolute Gasteiger partial charge is 0.404 e. The fraction of sp³-hybridized carbons (Fsp3) is 0.300. The van der Waals surface area contributed by atoms with Crippen LogP contribution in [0.2, 0.25) is 0 Å². The fourth-order valence-electron chi connectivity index (χ4n) is 1.08. The van der Waals surface area contributed by atoms with Crippen LogP contribution in [0.4, 0.5) is 4.79 Å². The Balaban J connectivity index is 2.36. The van der Waals surface area contributed by atoms with Crippen LogP contribution in [-0.4, -0.2) is 29.8 Å². The average molecular weight is 212 g/mol. The van der Waals surface area contributed by atoms with Gasteiger partial charge in [-0.15, -0.1) is 0 Å². The van der Waals surface area contributed by atoms with Crippen LogP contribution in [0.15, 0.2) is 35.2 Å². The summed E-state index contributed by atoms with van der Waals surface area (Å²) in [5.74, 6) is 0.857. The first kappa shape index (κ1) is 10.9. The highest BCUT2D eigenvalue weighted by molar-refractivity contribution is 7.96. The van der Waals surface area contributed by atoms with E-state index < -0.39 is 6.09 Å². The first-order valence-corrected chi connectivity index (χ1v) is 6.15. The number of carboxylic acid groups (broad SMARTS) is 1. The molecular weight excluding hydrogens is 198 g/mol. The Morgan fingerprint density at radius 2 is 2.07 bits per heavy atom. The molecule has 3 nitrogen and oxygen atoms in total. The third-order valence-electron chi connectivity index (χ3n) is 1.83. The van der Waals surface area contributed by atoms with Crippen molar-refractivity contribution in [2.75, 3.05) is 18.6 Å². The maximum Gasteiger partial charge on any atom is 0.404 e. The summed E-state index contributed by atoms with van der Waals surface area (Å²) in [7, 11) is 0.124. The van der Waals surface area contributed by atoms with Gasteiger partial charge in [-0.05, 0) is 12.1 Å². The minimum Gasteiger partial charge on any atom is -0.465 e. The zero-order valence-electron chi connectivity index (χ0n) is 8.06. The van der Waals surface area contributed by atoms with E-state index in [0.29, 0.717) is 6.54 Å². The summed E-state index contributed by atoms with van der Waals surface area (Å²) in [5, 5.41) is 10.8. The minimum atomic E-state index is -0.949. The summed E-state index contributed by atoms with van der Waals surface area (Å²) in [6.07, 6.45) is 1.17. The zero-order valence-corrected chi connectivity index (χ0v) is 8.88. The number of hydrogen-bond donors (Lipinski definition) is 2. The standard InChI is InChI=1S/C10H13NO2S/c1-14(8-7-11-10(12)13)9-5-3-2-4-6-9/h2-6,11H,7-8H2,1H3/p+1. The van der Waals surface area contributed by atoms with E-state index in [0.717, 1.165) is 5.75 Å². The second-order valence-corrected chi connectivity index (χ2v) is 5.04. The monoisotopic (exact) mass is 212 g/mol. The molecular formula is C10H14NO2S+. The minimum absolute atomic E-state index is 0.124. The van der Waals surface area contributed by atoms with Gasteiger partial charge in [0.25, 0.3) is 0 Å². The molecule has 1 rings (SSSR count). The lowest BCUT2D eigenvalue weighted by Crippen LogP contribution is -2.27. The SMILES string of the molecule is C[S+](CCNC(=O)O)c1ccccc1. The maximum absolute atomic E-state index is 10.2. The van der Waals surface area contributed by atoms with Gasteiger partial charge in [0.1, 0.15) is 12.0 Å². The van der Waals surface area contributed by atoms with Crippen molar-refractivity contribution in [3.63, 3.8) is 0 Å². The highest BCUT2D eigenvalue weighted by atomic mass is 32.2. The Bertz CT molecular complexity index is 289. The van der Waals surface area contributed by atoms with E-state index in [1.807, 2.05) is 18.2 Å². The van der Waals surface area contributed by atoms with Gasteiger partial charge in [0.15, 0.2) is 4.90 Å². The third-order valence-corrected chi connectivity index (χ3v) is 3.72. The van der Waals surface area contributed by atoms with Gasteiger partial charge in [-0.25, -0.2) is 4.79 Å². The Kier molecular flexibility index (Phi) is 4.32. The molecule has 0 saturated carbocycles. The Morgan fingerprint density at radius 1 is 1.43 bits per heavy atom. The van der Waals surface area contributed by atoms with E-state index in [2.05, 4.69) is 23.7 Å². The van der Waals surface area contributed by atoms with Crippen molar-refractivity contribution in [1.82, 2.24) is 5.32 Å². The Morgan fingerprint density at radius 3 is 2.64 bits per heavy atom. The lowest BCUT2D eigenvalue weighted by Gasteiger charge is -2.02. The van der Waals surface area contributed by atoms with Crippen molar-refractivity contribution in [1.29, 1.82) is 0 Å². The largest absolute Gasteiger partial charge is 0.465 e. The molecule has 4 heteroatoms. The van der Waals surface area contributed by atoms with Crippen molar-refractivity contribution in [3.8, 4) is 0 Å². The molecule has 1 unspecified atom stereocenters. The molecule has 0 bridgehead atoms. The molecule has 0 spiro atoms. The van der Waals surface area contributed by atoms with Crippen LogP contribution >= 0.6 is 0 Å². The molecule has 1 aromatic carbocycles. The van der Waals surface area contributed by atoms with Gasteiger partial charge in [-0.1, -0.05) is 18.2 Å². The van der Waals surface area contributed by atoms with Crippen LogP contribution in [0.1, 0.15) is 0 Å². The summed E-state index contributed by atoms with van der Waals surface area (Å²) in [5.41, 5.74) is 0. The highest BCUT2D eigenvalue weighted by Crippen LogP contribution is 2.09. The topological polar surface area (TPSA) is 49.3 Å². The first-order valence-electron chi connectivity index (χ1n) is 4.34. The molecule has 76 valence electrons. The molecule has 0 saturated heterocycles. The van der Waals surface area contributed by atoms with Gasteiger partial charge in [0.2, 0.25) is 0 Å². The lowest BCUT2D eigenvalue weighted by molar-refractivity contribution is 0.195. The molecule has 0 aromatic heterocycles. The molecule has 0 fully saturated rings. The van der Waals surface area contributed by atoms with E-state index >= 15 is 0 Å². The highest BCUT2D eigenvalue weighted by Gasteiger charge is 2.13. The normalized spacial score (nSPS) is 12.1. The zero-order chi connectivity index (χ0) is 10.4. The number of amides is 1. The van der Waals surface area contributed by atoms with Gasteiger partial charge in [0, 0.05) is 10.9 Å². The summed E-state index contributed by atoms with van der Waals surface area (Å²) in [6.45, 7) is 0.518. The molecule has 0 aliphatic heterocycles. The number of benzene rings is 1. The molecule has 1 aromatic rings. The predicted octanol–water partition coefficient (Wildman–Crippen LogP) is 1.56. The summed E-state index contributed by atoms with van der Waals surface area (Å²) < 4.78 is 0. The Hall–Kier alpha value is -1.16. The number of hydrogen-bond acceptors (Lipinski definition) is 1. The van der Waals surface area contributed by atoms with Crippen molar-refractivity contribution in [2.45, 2.75) is 4.90 Å². The molecule has 0 aliphatic rings. The van der Waals surface area contributed by atoms with Gasteiger partial charge in [0.05, 0.1) is 6.54 Å². The van der Waals surface area contributed by atoms with Gasteiger partial charge < -0.3 is 10.4 Å². The molecule has 14 heavy (non-hydrogen) atoms. The van der Waals surface area contributed by atoms with Crippen molar-refractivity contribution < 1.29 is 9.90 Å². The number of rotatable bonds is 4. The number of nitrogens with one attached hydrogen (secondary N) is 1. The molecule has 0 radical (unpaired) electrons. The summed E-state index contributed by atoms with van der Waals surface area (Å²) in [6, 6.07) is 10.1. The Labute approximate surface area is 86.5 Å². The van der Waals surface area contributed by atoms with Crippen LogP contribution in [0.5, 0.6) is 0 Å². The molecule has 1 atom stereocenters. The third kappa shape index (κ3) is 3.70. The summed E-state index contributed by atoms with van der Waals surface area (Å²) >= 11 is 0. The van der Waals surface area contributed by atoms with E-state index in [1.54, 1.807) is 0 Å². The average Bonchev–Trinajstić information content (AvgIpc) is 2.18. The summed E-state index contributed by atoms with van der Waals surface area (Å²) in [4.78, 5) is 11.5. The van der Waals surface area contributed by atoms with Crippen molar-refractivity contribution >= 4 is 17.0 Å². The second kappa shape index (κ2) is 5.54. The van der Waals surface area contributed by atoms with E-state index in [4.69, 9.17) is 5.11 Å². The quantitative estimate of drug-likeness (QED) is 0.744. The fourth-order valence-corrected chi connectivity index (χ4v) is 2.35. The molecule has 0 aliphatic carbocycles. The molecule has 0 heterocycles. The second-order valence-electron chi connectivity index (χ2n) is 2.89. The first-order chi connectivity index (χ1) is 6.70. The van der Waals surface area contributed by atoms with Crippen LogP contribution in [-0.2, 0) is 10.9 Å². The molecule has 1 amide bonds. The van der Waals surface area contributed by atoms with Crippen LogP contribution in [0.3, 0.4) is 0 Å². The van der Waals surface area contributed by atoms with Gasteiger partial charge in [-0.3, -0.25) is 0 Å². The van der Waals surface area contributed by atoms with Crippen LogP contribution < -0.4 is 5.32 Å². The van der Waals surface area contributed by atoms with E-state index in [1.165, 1.54) is 4.90 Å². The maximum atomic E-state index is 10.2. The van der Waals surface area contributed by atoms with Crippen LogP contribution in [0.25, 0.3) is 0 Å². The molecule has 2 N–H and O–H groups in total. The lowest BCUT2D eigenvalue weighted by atomic mass is 10.4. The van der Waals surface area contributed by atoms with E-state index in [9.17, 15) is 4.79 Å². The van der Waals surface area contributed by atoms with E-state index in [-0.39, 0.29) is 10.9 Å². The van der Waals surface area contributed by atoms with Crippen molar-refractivity contribution in [3.05, 3.63) is 30.3 Å². The van der Waals surface area contributed by atoms with Crippen LogP contribution in [0, 0.1) is 0 Å². The van der Waals surface area contributed by atoms with Gasteiger partial charge in [-0.2, -0.15) is 0 Å². The number of carbonyl (C=O) groups is 1. The van der Waals surface area contributed by atoms with Crippen molar-refractivity contribution in [2.24, 2.45) is 0 Å².